The lowest BCUT2D eigenvalue weighted by Gasteiger charge is -2.11. The van der Waals surface area contributed by atoms with E-state index in [1.54, 1.807) is 29.8 Å². The fourth-order valence-electron chi connectivity index (χ4n) is 2.56. The van der Waals surface area contributed by atoms with Gasteiger partial charge in [0.25, 0.3) is 0 Å². The summed E-state index contributed by atoms with van der Waals surface area (Å²) in [6.45, 7) is 5.97. The maximum atomic E-state index is 12.6. The second-order valence-electron chi connectivity index (χ2n) is 5.62. The Labute approximate surface area is 144 Å². The molecule has 0 saturated carbocycles. The summed E-state index contributed by atoms with van der Waals surface area (Å²) in [5.74, 6) is 0.611. The summed E-state index contributed by atoms with van der Waals surface area (Å²) in [6.07, 6.45) is 3.87. The van der Waals surface area contributed by atoms with Crippen molar-refractivity contribution in [2.24, 2.45) is 0 Å². The molecule has 3 aromatic heterocycles. The fourth-order valence-corrected chi connectivity index (χ4v) is 2.56. The Morgan fingerprint density at radius 2 is 2.12 bits per heavy atom. The largest absolute Gasteiger partial charge is 0.462 e. The molecule has 0 N–H and O–H groups in total. The molecule has 0 amide bonds. The van der Waals surface area contributed by atoms with E-state index in [-0.39, 0.29) is 24.1 Å². The van der Waals surface area contributed by atoms with E-state index in [1.807, 2.05) is 13.8 Å². The van der Waals surface area contributed by atoms with Gasteiger partial charge in [-0.15, -0.1) is 0 Å². The average Bonchev–Trinajstić information content (AvgIpc) is 3.05. The van der Waals surface area contributed by atoms with Crippen molar-refractivity contribution in [1.82, 2.24) is 14.5 Å². The van der Waals surface area contributed by atoms with E-state index in [2.05, 4.69) is 9.97 Å². The molecule has 3 aromatic rings. The molecule has 7 heteroatoms. The molecule has 25 heavy (non-hydrogen) atoms. The molecule has 0 bridgehead atoms. The number of oxazole rings is 1. The minimum atomic E-state index is -0.648. The zero-order valence-electron chi connectivity index (χ0n) is 14.4. The molecular weight excluding hydrogens is 322 g/mol. The lowest BCUT2D eigenvalue weighted by molar-refractivity contribution is 0.0524. The zero-order chi connectivity index (χ0) is 18.0. The third kappa shape index (κ3) is 3.31. The number of hydrogen-bond donors (Lipinski definition) is 0. The van der Waals surface area contributed by atoms with Gasteiger partial charge >= 0.3 is 5.97 Å². The van der Waals surface area contributed by atoms with Gasteiger partial charge in [-0.1, -0.05) is 6.92 Å². The molecule has 0 saturated heterocycles. The smallest absolute Gasteiger partial charge is 0.343 e. The molecule has 3 heterocycles. The van der Waals surface area contributed by atoms with E-state index in [0.29, 0.717) is 16.9 Å². The van der Waals surface area contributed by atoms with Crippen LogP contribution in [0.25, 0.3) is 11.0 Å². The van der Waals surface area contributed by atoms with Crippen molar-refractivity contribution in [1.29, 1.82) is 0 Å². The lowest BCUT2D eigenvalue weighted by Crippen LogP contribution is -2.22. The van der Waals surface area contributed by atoms with Gasteiger partial charge < -0.3 is 13.7 Å². The number of nitrogens with zero attached hydrogens (tertiary/aromatic N) is 3. The Hall–Kier alpha value is -2.96. The van der Waals surface area contributed by atoms with Crippen LogP contribution in [0.15, 0.2) is 33.7 Å². The maximum absolute atomic E-state index is 12.6. The van der Waals surface area contributed by atoms with Crippen molar-refractivity contribution in [2.75, 3.05) is 6.61 Å². The van der Waals surface area contributed by atoms with Gasteiger partial charge in [0, 0.05) is 18.3 Å². The van der Waals surface area contributed by atoms with Gasteiger partial charge in [0.2, 0.25) is 11.3 Å². The highest BCUT2D eigenvalue weighted by atomic mass is 16.5. The van der Waals surface area contributed by atoms with Gasteiger partial charge in [-0.25, -0.2) is 14.8 Å². The molecule has 7 nitrogen and oxygen atoms in total. The number of esters is 1. The molecule has 0 aliphatic carbocycles. The molecule has 3 rings (SSSR count). The number of ether oxygens (including phenoxy) is 1. The highest BCUT2D eigenvalue weighted by Gasteiger charge is 2.18. The first-order valence-corrected chi connectivity index (χ1v) is 8.15. The van der Waals surface area contributed by atoms with Crippen LogP contribution in [0.1, 0.15) is 41.6 Å². The van der Waals surface area contributed by atoms with E-state index in [0.717, 1.165) is 17.9 Å². The quantitative estimate of drug-likeness (QED) is 0.663. The maximum Gasteiger partial charge on any atom is 0.343 e. The van der Waals surface area contributed by atoms with E-state index >= 15 is 0 Å². The summed E-state index contributed by atoms with van der Waals surface area (Å²) in [6, 6.07) is 3.41. The monoisotopic (exact) mass is 341 g/mol. The number of aryl methyl sites for hydroxylation is 2. The molecule has 0 spiro atoms. The van der Waals surface area contributed by atoms with Gasteiger partial charge in [0.1, 0.15) is 23.5 Å². The molecule has 0 aliphatic rings. The first kappa shape index (κ1) is 16.9. The minimum Gasteiger partial charge on any atom is -0.462 e. The molecule has 0 aromatic carbocycles. The van der Waals surface area contributed by atoms with Crippen LogP contribution >= 0.6 is 0 Å². The average molecular weight is 341 g/mol. The minimum absolute atomic E-state index is 0.0257. The molecule has 0 atom stereocenters. The first-order chi connectivity index (χ1) is 12.0. The molecular formula is C18H19N3O4. The molecule has 0 radical (unpaired) electrons. The summed E-state index contributed by atoms with van der Waals surface area (Å²) in [5.41, 5.74) is 0.835. The van der Waals surface area contributed by atoms with Crippen LogP contribution in [0.3, 0.4) is 0 Å². The van der Waals surface area contributed by atoms with E-state index < -0.39 is 5.97 Å². The van der Waals surface area contributed by atoms with Crippen LogP contribution < -0.4 is 5.43 Å². The Morgan fingerprint density at radius 1 is 1.32 bits per heavy atom. The molecule has 0 unspecified atom stereocenters. The Kier molecular flexibility index (Phi) is 4.65. The van der Waals surface area contributed by atoms with Crippen LogP contribution in [-0.4, -0.2) is 27.1 Å². The Morgan fingerprint density at radius 3 is 2.80 bits per heavy atom. The lowest BCUT2D eigenvalue weighted by atomic mass is 10.2. The topological polar surface area (TPSA) is 87.2 Å². The molecule has 0 aliphatic heterocycles. The Bertz CT molecular complexity index is 988. The number of hydrogen-bond acceptors (Lipinski definition) is 6. The van der Waals surface area contributed by atoms with Crippen molar-refractivity contribution >= 4 is 17.0 Å². The van der Waals surface area contributed by atoms with Crippen LogP contribution in [0.4, 0.5) is 0 Å². The van der Waals surface area contributed by atoms with Crippen molar-refractivity contribution in [3.05, 3.63) is 57.7 Å². The van der Waals surface area contributed by atoms with Crippen LogP contribution in [-0.2, 0) is 17.7 Å². The van der Waals surface area contributed by atoms with E-state index in [4.69, 9.17) is 9.15 Å². The first-order valence-electron chi connectivity index (χ1n) is 8.15. The van der Waals surface area contributed by atoms with Crippen LogP contribution in [0.2, 0.25) is 0 Å². The fraction of sp³-hybridized carbons (Fsp3) is 0.333. The second-order valence-corrected chi connectivity index (χ2v) is 5.62. The summed E-state index contributed by atoms with van der Waals surface area (Å²) >= 11 is 0. The SMILES string of the molecule is CCOC(=O)c1cn(Cc2ncc(CC)o2)c2nc(C)ccc2c1=O. The van der Waals surface area contributed by atoms with E-state index in [1.165, 1.54) is 6.20 Å². The van der Waals surface area contributed by atoms with Gasteiger partial charge in [-0.05, 0) is 26.0 Å². The van der Waals surface area contributed by atoms with Crippen molar-refractivity contribution in [3.63, 3.8) is 0 Å². The second kappa shape index (κ2) is 6.88. The summed E-state index contributed by atoms with van der Waals surface area (Å²) in [4.78, 5) is 33.4. The summed E-state index contributed by atoms with van der Waals surface area (Å²) in [7, 11) is 0. The van der Waals surface area contributed by atoms with Crippen LogP contribution in [0.5, 0.6) is 0 Å². The summed E-state index contributed by atoms with van der Waals surface area (Å²) in [5, 5.41) is 0.360. The van der Waals surface area contributed by atoms with Gasteiger partial charge in [-0.2, -0.15) is 0 Å². The number of carbonyl (C=O) groups is 1. The van der Waals surface area contributed by atoms with Gasteiger partial charge in [0.15, 0.2) is 0 Å². The van der Waals surface area contributed by atoms with Crippen LogP contribution in [0, 0.1) is 6.92 Å². The van der Waals surface area contributed by atoms with Gasteiger partial charge in [-0.3, -0.25) is 4.79 Å². The van der Waals surface area contributed by atoms with E-state index in [9.17, 15) is 9.59 Å². The third-order valence-corrected chi connectivity index (χ3v) is 3.81. The van der Waals surface area contributed by atoms with Gasteiger partial charge in [0.05, 0.1) is 18.2 Å². The predicted octanol–water partition coefficient (Wildman–Crippen LogP) is 2.48. The standard InChI is InChI=1S/C18H19N3O4/c1-4-12-8-19-15(25-12)10-21-9-14(18(23)24-5-2)16(22)13-7-6-11(3)20-17(13)21/h6-9H,4-5,10H2,1-3H3. The normalized spacial score (nSPS) is 11.0. The number of fused-ring (bicyclic) bond motifs is 1. The number of carbonyl (C=O) groups excluding carboxylic acids is 1. The van der Waals surface area contributed by atoms with Crippen molar-refractivity contribution < 1.29 is 13.9 Å². The molecule has 130 valence electrons. The number of rotatable bonds is 5. The zero-order valence-corrected chi connectivity index (χ0v) is 14.4. The molecule has 0 fully saturated rings. The third-order valence-electron chi connectivity index (χ3n) is 3.81. The van der Waals surface area contributed by atoms with Crippen molar-refractivity contribution in [2.45, 2.75) is 33.7 Å². The highest BCUT2D eigenvalue weighted by molar-refractivity contribution is 5.93. The predicted molar refractivity (Wildman–Crippen MR) is 91.7 cm³/mol. The number of pyridine rings is 2. The number of aromatic nitrogens is 3. The highest BCUT2D eigenvalue weighted by Crippen LogP contribution is 2.14. The summed E-state index contributed by atoms with van der Waals surface area (Å²) < 4.78 is 12.3. The Balaban J connectivity index is 2.17. The van der Waals surface area contributed by atoms with Crippen molar-refractivity contribution in [3.8, 4) is 0 Å².